The van der Waals surface area contributed by atoms with Gasteiger partial charge in [0.25, 0.3) is 0 Å². The van der Waals surface area contributed by atoms with E-state index in [9.17, 15) is 9.59 Å². The van der Waals surface area contributed by atoms with Gasteiger partial charge >= 0.3 is 5.63 Å². The minimum atomic E-state index is -0.451. The first kappa shape index (κ1) is 30.8. The molecule has 5 rings (SSSR count). The van der Waals surface area contributed by atoms with E-state index in [-0.39, 0.29) is 5.91 Å². The number of methoxy groups -OCH3 is 2. The Labute approximate surface area is 258 Å². The molecule has 10 nitrogen and oxygen atoms in total. The fourth-order valence-corrected chi connectivity index (χ4v) is 7.86. The molecule has 0 saturated carbocycles. The van der Waals surface area contributed by atoms with Gasteiger partial charge in [-0.05, 0) is 55.2 Å². The molecule has 1 atom stereocenters. The Bertz CT molecular complexity index is 1580. The molecule has 0 bridgehead atoms. The molecule has 3 heterocycles. The first-order chi connectivity index (χ1) is 21.0. The molecule has 2 aromatic carbocycles. The zero-order chi connectivity index (χ0) is 30.0. The highest BCUT2D eigenvalue weighted by molar-refractivity contribution is 8.77. The summed E-state index contributed by atoms with van der Waals surface area (Å²) < 4.78 is 23.9. The zero-order valence-electron chi connectivity index (χ0n) is 24.4. The lowest BCUT2D eigenvalue weighted by Crippen LogP contribution is -2.22. The molecule has 1 aliphatic rings. The maximum absolute atomic E-state index is 12.8. The van der Waals surface area contributed by atoms with Crippen molar-refractivity contribution < 1.29 is 23.4 Å². The number of benzene rings is 2. The van der Waals surface area contributed by atoms with Crippen LogP contribution < -0.4 is 25.2 Å². The summed E-state index contributed by atoms with van der Waals surface area (Å²) in [6.07, 6.45) is 7.60. The number of nitrogens with one attached hydrogen (secondary N) is 1. The second-order valence-corrected chi connectivity index (χ2v) is 13.0. The molecule has 1 saturated heterocycles. The molecular weight excluding hydrogens is 588 g/mol. The van der Waals surface area contributed by atoms with Gasteiger partial charge in [0.1, 0.15) is 17.0 Å². The van der Waals surface area contributed by atoms with Crippen LogP contribution in [0.5, 0.6) is 17.2 Å². The van der Waals surface area contributed by atoms with Gasteiger partial charge in [0.05, 0.1) is 39.1 Å². The van der Waals surface area contributed by atoms with Crippen LogP contribution in [0.2, 0.25) is 0 Å². The highest BCUT2D eigenvalue weighted by Crippen LogP contribution is 2.40. The van der Waals surface area contributed by atoms with Gasteiger partial charge in [-0.15, -0.1) is 5.10 Å². The van der Waals surface area contributed by atoms with Gasteiger partial charge in [-0.3, -0.25) is 9.48 Å². The Morgan fingerprint density at radius 2 is 1.98 bits per heavy atom. The molecular formula is C31H36N4O6S2. The topological polar surface area (TPSA) is 118 Å². The fraction of sp³-hybridized carbons (Fsp3) is 0.419. The minimum absolute atomic E-state index is 0.0554. The Kier molecular flexibility index (Phi) is 10.9. The molecule has 1 fully saturated rings. The molecule has 228 valence electrons. The van der Waals surface area contributed by atoms with Crippen molar-refractivity contribution >= 4 is 38.5 Å². The highest BCUT2D eigenvalue weighted by atomic mass is 33.1. The predicted molar refractivity (Wildman–Crippen MR) is 170 cm³/mol. The average Bonchev–Trinajstić information content (AvgIpc) is 3.72. The lowest BCUT2D eigenvalue weighted by Gasteiger charge is -2.10. The Hall–Kier alpha value is -3.64. The first-order valence-electron chi connectivity index (χ1n) is 14.4. The second-order valence-electron chi connectivity index (χ2n) is 10.2. The first-order valence-corrected chi connectivity index (χ1v) is 16.8. The highest BCUT2D eigenvalue weighted by Gasteiger charge is 2.16. The van der Waals surface area contributed by atoms with E-state index in [2.05, 4.69) is 15.6 Å². The number of hydrogen-bond acceptors (Lipinski definition) is 10. The van der Waals surface area contributed by atoms with Crippen molar-refractivity contribution in [2.24, 2.45) is 0 Å². The number of fused-ring (bicyclic) bond motifs is 1. The fourth-order valence-electron chi connectivity index (χ4n) is 4.83. The third-order valence-electron chi connectivity index (χ3n) is 7.16. The van der Waals surface area contributed by atoms with E-state index >= 15 is 0 Å². The van der Waals surface area contributed by atoms with Crippen molar-refractivity contribution in [2.75, 3.05) is 26.6 Å². The molecule has 0 spiro atoms. The van der Waals surface area contributed by atoms with Crippen molar-refractivity contribution in [1.82, 2.24) is 20.3 Å². The molecule has 1 amide bonds. The molecule has 0 radical (unpaired) electrons. The quantitative estimate of drug-likeness (QED) is 0.0978. The number of carbonyl (C=O) groups is 1. The zero-order valence-corrected chi connectivity index (χ0v) is 26.0. The van der Waals surface area contributed by atoms with Crippen LogP contribution in [-0.4, -0.2) is 52.7 Å². The maximum Gasteiger partial charge on any atom is 0.344 e. The van der Waals surface area contributed by atoms with Crippen LogP contribution in [0.25, 0.3) is 22.1 Å². The van der Waals surface area contributed by atoms with Crippen molar-refractivity contribution in [3.05, 3.63) is 64.8 Å². The van der Waals surface area contributed by atoms with Crippen molar-refractivity contribution in [2.45, 2.75) is 56.9 Å². The van der Waals surface area contributed by atoms with Gasteiger partial charge in [-0.2, -0.15) is 0 Å². The standard InChI is InChI=1S/C31H36N4O6S2/c1-38-27-11-9-21(17-29(27)39-2)26-16-22-8-10-24(18-28(22)41-31(26)37)40-14-5-13-35-20-23(33-34-35)19-32-30(36)7-4-3-6-25-12-15-42-43-25/h8-11,16-18,20,25H,3-7,12-15,19H2,1-2H3,(H,32,36). The molecule has 1 N–H and O–H groups in total. The van der Waals surface area contributed by atoms with Crippen molar-refractivity contribution in [1.29, 1.82) is 0 Å². The van der Waals surface area contributed by atoms with Gasteiger partial charge in [0.15, 0.2) is 11.5 Å². The van der Waals surface area contributed by atoms with E-state index < -0.39 is 5.63 Å². The molecule has 4 aromatic rings. The summed E-state index contributed by atoms with van der Waals surface area (Å²) in [4.78, 5) is 25.0. The molecule has 0 aliphatic carbocycles. The SMILES string of the molecule is COc1ccc(-c2cc3ccc(OCCCn4cc(CNC(=O)CCCCC5CCSS5)nn4)cc3oc2=O)cc1OC. The van der Waals surface area contributed by atoms with Crippen LogP contribution in [0.1, 0.15) is 44.2 Å². The largest absolute Gasteiger partial charge is 0.493 e. The van der Waals surface area contributed by atoms with E-state index in [1.807, 2.05) is 39.9 Å². The lowest BCUT2D eigenvalue weighted by atomic mass is 10.1. The van der Waals surface area contributed by atoms with Gasteiger partial charge in [-0.1, -0.05) is 39.3 Å². The summed E-state index contributed by atoms with van der Waals surface area (Å²) in [6.45, 7) is 1.44. The van der Waals surface area contributed by atoms with E-state index in [1.165, 1.54) is 18.6 Å². The predicted octanol–water partition coefficient (Wildman–Crippen LogP) is 5.87. The van der Waals surface area contributed by atoms with Crippen LogP contribution in [0.3, 0.4) is 0 Å². The summed E-state index contributed by atoms with van der Waals surface area (Å²) in [7, 11) is 7.06. The monoisotopic (exact) mass is 624 g/mol. The summed E-state index contributed by atoms with van der Waals surface area (Å²) >= 11 is 0. The number of ether oxygens (including phenoxy) is 3. The van der Waals surface area contributed by atoms with Crippen LogP contribution in [-0.2, 0) is 17.9 Å². The lowest BCUT2D eigenvalue weighted by molar-refractivity contribution is -0.121. The normalized spacial score (nSPS) is 14.6. The number of rotatable bonds is 15. The number of nitrogens with zero attached hydrogens (tertiary/aromatic N) is 3. The number of aryl methyl sites for hydroxylation is 1. The van der Waals surface area contributed by atoms with Gasteiger partial charge in [0.2, 0.25) is 5.91 Å². The summed E-state index contributed by atoms with van der Waals surface area (Å²) in [5, 5.41) is 12.8. The third kappa shape index (κ3) is 8.47. The van der Waals surface area contributed by atoms with E-state index in [0.717, 1.165) is 29.2 Å². The summed E-state index contributed by atoms with van der Waals surface area (Å²) in [6, 6.07) is 12.5. The molecule has 2 aromatic heterocycles. The summed E-state index contributed by atoms with van der Waals surface area (Å²) in [5.74, 6) is 3.03. The van der Waals surface area contributed by atoms with Crippen LogP contribution in [0.4, 0.5) is 0 Å². The van der Waals surface area contributed by atoms with E-state index in [1.54, 1.807) is 49.2 Å². The molecule has 43 heavy (non-hydrogen) atoms. The summed E-state index contributed by atoms with van der Waals surface area (Å²) in [5.41, 5.74) is 1.83. The number of hydrogen-bond donors (Lipinski definition) is 1. The van der Waals surface area contributed by atoms with Crippen molar-refractivity contribution in [3.63, 3.8) is 0 Å². The number of aromatic nitrogens is 3. The van der Waals surface area contributed by atoms with Crippen LogP contribution >= 0.6 is 21.6 Å². The smallest absolute Gasteiger partial charge is 0.344 e. The van der Waals surface area contributed by atoms with Gasteiger partial charge in [0, 0.05) is 41.8 Å². The Morgan fingerprint density at radius 3 is 2.79 bits per heavy atom. The molecule has 12 heteroatoms. The van der Waals surface area contributed by atoms with Gasteiger partial charge < -0.3 is 23.9 Å². The minimum Gasteiger partial charge on any atom is -0.493 e. The van der Waals surface area contributed by atoms with Crippen LogP contribution in [0.15, 0.2) is 57.9 Å². The second kappa shape index (κ2) is 15.2. The van der Waals surface area contributed by atoms with E-state index in [4.69, 9.17) is 18.6 Å². The Morgan fingerprint density at radius 1 is 1.09 bits per heavy atom. The number of amides is 1. The Balaban J connectivity index is 1.05. The maximum atomic E-state index is 12.8. The third-order valence-corrected chi connectivity index (χ3v) is 10.2. The average molecular weight is 625 g/mol. The molecule has 1 aliphatic heterocycles. The van der Waals surface area contributed by atoms with E-state index in [0.29, 0.717) is 66.5 Å². The molecule has 1 unspecified atom stereocenters. The number of unbranched alkanes of at least 4 members (excludes halogenated alkanes) is 1. The number of carbonyl (C=O) groups excluding carboxylic acids is 1. The van der Waals surface area contributed by atoms with Gasteiger partial charge in [-0.25, -0.2) is 4.79 Å². The van der Waals surface area contributed by atoms with Crippen molar-refractivity contribution in [3.8, 4) is 28.4 Å². The van der Waals surface area contributed by atoms with Crippen LogP contribution in [0, 0.1) is 0 Å².